The van der Waals surface area contributed by atoms with Gasteiger partial charge < -0.3 is 5.32 Å². The summed E-state index contributed by atoms with van der Waals surface area (Å²) in [5.74, 6) is -0.412. The van der Waals surface area contributed by atoms with E-state index in [-0.39, 0.29) is 11.7 Å². The van der Waals surface area contributed by atoms with E-state index in [9.17, 15) is 9.18 Å². The number of amides is 1. The minimum Gasteiger partial charge on any atom is -0.322 e. The molecule has 1 amide bonds. The van der Waals surface area contributed by atoms with Crippen LogP contribution in [0, 0.1) is 5.82 Å². The van der Waals surface area contributed by atoms with Crippen LogP contribution in [0.5, 0.6) is 0 Å². The topological polar surface area (TPSA) is 42.0 Å². The second kappa shape index (κ2) is 10.7. The molecule has 4 aromatic rings. The first-order chi connectivity index (χ1) is 16.1. The number of rotatable bonds is 8. The Hall–Kier alpha value is -3.79. The maximum Gasteiger partial charge on any atom is 0.255 e. The number of unbranched alkanes of at least 4 members (excludes halogenated alkanes) is 2. The smallest absolute Gasteiger partial charge is 0.255 e. The molecule has 0 bridgehead atoms. The molecular weight excluding hydrogens is 411 g/mol. The normalized spacial score (nSPS) is 10.7. The van der Waals surface area contributed by atoms with Crippen molar-refractivity contribution in [2.45, 2.75) is 32.6 Å². The molecule has 1 aromatic heterocycles. The van der Waals surface area contributed by atoms with Crippen molar-refractivity contribution in [3.63, 3.8) is 0 Å². The van der Waals surface area contributed by atoms with Gasteiger partial charge in [0, 0.05) is 22.4 Å². The molecule has 0 fully saturated rings. The Bertz CT molecular complexity index is 1220. The van der Waals surface area contributed by atoms with Gasteiger partial charge >= 0.3 is 0 Å². The third-order valence-corrected chi connectivity index (χ3v) is 5.59. The number of carbonyl (C=O) groups excluding carboxylic acids is 1. The van der Waals surface area contributed by atoms with Gasteiger partial charge in [-0.1, -0.05) is 50.1 Å². The van der Waals surface area contributed by atoms with Crippen molar-refractivity contribution < 1.29 is 9.18 Å². The lowest BCUT2D eigenvalue weighted by Crippen LogP contribution is -2.11. The molecule has 4 rings (SSSR count). The Morgan fingerprint density at radius 3 is 2.24 bits per heavy atom. The molecule has 3 nitrogen and oxygen atoms in total. The van der Waals surface area contributed by atoms with Crippen LogP contribution in [0.25, 0.3) is 22.5 Å². The molecular formula is C29H27FN2O. The summed E-state index contributed by atoms with van der Waals surface area (Å²) >= 11 is 0. The van der Waals surface area contributed by atoms with Gasteiger partial charge in [0.2, 0.25) is 0 Å². The largest absolute Gasteiger partial charge is 0.322 e. The highest BCUT2D eigenvalue weighted by Crippen LogP contribution is 2.25. The summed E-state index contributed by atoms with van der Waals surface area (Å²) in [6.45, 7) is 2.20. The lowest BCUT2D eigenvalue weighted by Gasteiger charge is -2.09. The van der Waals surface area contributed by atoms with E-state index in [1.807, 2.05) is 66.7 Å². The third-order valence-electron chi connectivity index (χ3n) is 5.59. The lowest BCUT2D eigenvalue weighted by atomic mass is 10.0. The first-order valence-electron chi connectivity index (χ1n) is 11.4. The molecule has 4 heteroatoms. The summed E-state index contributed by atoms with van der Waals surface area (Å²) in [5, 5.41) is 2.98. The van der Waals surface area contributed by atoms with Gasteiger partial charge in [-0.05, 0) is 79.1 Å². The minimum absolute atomic E-state index is 0.139. The average molecular weight is 439 g/mol. The van der Waals surface area contributed by atoms with E-state index < -0.39 is 0 Å². The predicted molar refractivity (Wildman–Crippen MR) is 133 cm³/mol. The van der Waals surface area contributed by atoms with Crippen molar-refractivity contribution in [3.05, 3.63) is 108 Å². The summed E-state index contributed by atoms with van der Waals surface area (Å²) in [4.78, 5) is 17.5. The molecule has 0 spiro atoms. The van der Waals surface area contributed by atoms with Crippen molar-refractivity contribution in [1.82, 2.24) is 4.98 Å². The van der Waals surface area contributed by atoms with Crippen LogP contribution in [0.4, 0.5) is 10.1 Å². The molecule has 0 unspecified atom stereocenters. The van der Waals surface area contributed by atoms with Gasteiger partial charge in [0.1, 0.15) is 5.82 Å². The Labute approximate surface area is 194 Å². The van der Waals surface area contributed by atoms with Crippen molar-refractivity contribution >= 4 is 11.6 Å². The Kier molecular flexibility index (Phi) is 7.26. The zero-order valence-electron chi connectivity index (χ0n) is 18.7. The van der Waals surface area contributed by atoms with Crippen molar-refractivity contribution in [2.75, 3.05) is 5.32 Å². The molecule has 0 radical (unpaired) electrons. The Morgan fingerprint density at radius 2 is 1.52 bits per heavy atom. The monoisotopic (exact) mass is 438 g/mol. The number of carbonyl (C=O) groups is 1. The number of hydrogen-bond acceptors (Lipinski definition) is 2. The summed E-state index contributed by atoms with van der Waals surface area (Å²) in [6, 6.07) is 27.5. The summed E-state index contributed by atoms with van der Waals surface area (Å²) in [5.41, 5.74) is 5.89. The van der Waals surface area contributed by atoms with Crippen LogP contribution in [0.15, 0.2) is 91.0 Å². The number of aromatic nitrogens is 1. The second-order valence-corrected chi connectivity index (χ2v) is 8.10. The van der Waals surface area contributed by atoms with Crippen LogP contribution in [-0.2, 0) is 6.42 Å². The molecule has 0 aliphatic rings. The zero-order chi connectivity index (χ0) is 23.0. The van der Waals surface area contributed by atoms with Crippen LogP contribution in [0.1, 0.15) is 42.1 Å². The maximum absolute atomic E-state index is 13.2. The van der Waals surface area contributed by atoms with Crippen LogP contribution < -0.4 is 5.32 Å². The average Bonchev–Trinajstić information content (AvgIpc) is 2.85. The maximum atomic E-state index is 13.2. The van der Waals surface area contributed by atoms with Crippen molar-refractivity contribution in [1.29, 1.82) is 0 Å². The SMILES string of the molecule is CCCCCc1ccc(C(=O)Nc2cccc(-c3cccc(-c4ccc(F)cc4)n3)c2)cc1. The predicted octanol–water partition coefficient (Wildman–Crippen LogP) is 7.54. The molecule has 0 atom stereocenters. The molecule has 0 saturated heterocycles. The molecule has 0 saturated carbocycles. The number of hydrogen-bond donors (Lipinski definition) is 1. The third kappa shape index (κ3) is 5.92. The Balaban J connectivity index is 1.47. The molecule has 1 N–H and O–H groups in total. The fourth-order valence-corrected chi connectivity index (χ4v) is 3.74. The number of nitrogens with zero attached hydrogens (tertiary/aromatic N) is 1. The molecule has 0 aliphatic heterocycles. The van der Waals surface area contributed by atoms with Gasteiger partial charge in [0.15, 0.2) is 0 Å². The van der Waals surface area contributed by atoms with Crippen LogP contribution in [0.3, 0.4) is 0 Å². The lowest BCUT2D eigenvalue weighted by molar-refractivity contribution is 0.102. The molecule has 1 heterocycles. The van der Waals surface area contributed by atoms with Gasteiger partial charge in [-0.25, -0.2) is 9.37 Å². The first-order valence-corrected chi connectivity index (χ1v) is 11.4. The van der Waals surface area contributed by atoms with Crippen molar-refractivity contribution in [3.8, 4) is 22.5 Å². The van der Waals surface area contributed by atoms with Gasteiger partial charge in [-0.2, -0.15) is 0 Å². The number of benzene rings is 3. The minimum atomic E-state index is -0.274. The van der Waals surface area contributed by atoms with Crippen LogP contribution in [0.2, 0.25) is 0 Å². The molecule has 166 valence electrons. The number of pyridine rings is 1. The van der Waals surface area contributed by atoms with E-state index in [0.29, 0.717) is 11.3 Å². The number of anilines is 1. The number of nitrogens with one attached hydrogen (secondary N) is 1. The van der Waals surface area contributed by atoms with Crippen LogP contribution in [-0.4, -0.2) is 10.9 Å². The van der Waals surface area contributed by atoms with E-state index >= 15 is 0 Å². The van der Waals surface area contributed by atoms with Crippen molar-refractivity contribution in [2.24, 2.45) is 0 Å². The van der Waals surface area contributed by atoms with E-state index in [1.165, 1.54) is 37.0 Å². The number of aryl methyl sites for hydroxylation is 1. The van der Waals surface area contributed by atoms with E-state index in [4.69, 9.17) is 4.98 Å². The summed E-state index contributed by atoms with van der Waals surface area (Å²) in [6.07, 6.45) is 4.64. The van der Waals surface area contributed by atoms with E-state index in [0.717, 1.165) is 28.9 Å². The van der Waals surface area contributed by atoms with Gasteiger partial charge in [-0.3, -0.25) is 4.79 Å². The Morgan fingerprint density at radius 1 is 0.818 bits per heavy atom. The fraction of sp³-hybridized carbons (Fsp3) is 0.172. The van der Waals surface area contributed by atoms with E-state index in [1.54, 1.807) is 12.1 Å². The molecule has 3 aromatic carbocycles. The first kappa shape index (κ1) is 22.4. The fourth-order valence-electron chi connectivity index (χ4n) is 3.74. The zero-order valence-corrected chi connectivity index (χ0v) is 18.7. The van der Waals surface area contributed by atoms with Crippen LogP contribution >= 0.6 is 0 Å². The van der Waals surface area contributed by atoms with Gasteiger partial charge in [0.25, 0.3) is 5.91 Å². The van der Waals surface area contributed by atoms with Gasteiger partial charge in [0.05, 0.1) is 11.4 Å². The highest BCUT2D eigenvalue weighted by molar-refractivity contribution is 6.04. The summed E-state index contributed by atoms with van der Waals surface area (Å²) in [7, 11) is 0. The van der Waals surface area contributed by atoms with Gasteiger partial charge in [-0.15, -0.1) is 0 Å². The standard InChI is InChI=1S/C29H27FN2O/c1-2-3-4-7-21-12-14-23(15-13-21)29(33)31-26-9-5-8-24(20-26)28-11-6-10-27(32-28)22-16-18-25(30)19-17-22/h5-6,8-20H,2-4,7H2,1H3,(H,31,33). The molecule has 33 heavy (non-hydrogen) atoms. The molecule has 0 aliphatic carbocycles. The quantitative estimate of drug-likeness (QED) is 0.289. The van der Waals surface area contributed by atoms with E-state index in [2.05, 4.69) is 12.2 Å². The highest BCUT2D eigenvalue weighted by atomic mass is 19.1. The highest BCUT2D eigenvalue weighted by Gasteiger charge is 2.09. The second-order valence-electron chi connectivity index (χ2n) is 8.10. The summed E-state index contributed by atoms with van der Waals surface area (Å²) < 4.78 is 13.2. The number of halogens is 1.